The quantitative estimate of drug-likeness (QED) is 0.547. The van der Waals surface area contributed by atoms with Crippen molar-refractivity contribution in [2.75, 3.05) is 7.05 Å². The summed E-state index contributed by atoms with van der Waals surface area (Å²) < 4.78 is 0. The van der Waals surface area contributed by atoms with E-state index in [2.05, 4.69) is 37.2 Å². The minimum absolute atomic E-state index is 0.926. The summed E-state index contributed by atoms with van der Waals surface area (Å²) in [5.74, 6) is 0. The summed E-state index contributed by atoms with van der Waals surface area (Å²) in [5.41, 5.74) is 3.27. The lowest BCUT2D eigenvalue weighted by atomic mass is 10.0. The van der Waals surface area contributed by atoms with Crippen LogP contribution in [0.25, 0.3) is 0 Å². The Bertz CT molecular complexity index is 510. The van der Waals surface area contributed by atoms with Crippen molar-refractivity contribution in [1.29, 1.82) is 0 Å². The molecule has 1 aromatic rings. The lowest BCUT2D eigenvalue weighted by molar-refractivity contribution is 1.39. The summed E-state index contributed by atoms with van der Waals surface area (Å²) in [6.07, 6.45) is 3.94. The number of rotatable bonds is 5. The maximum absolute atomic E-state index is 4.36. The fourth-order valence-corrected chi connectivity index (χ4v) is 2.48. The molecule has 1 nitrogen and oxygen atoms in total. The van der Waals surface area contributed by atoms with Crippen LogP contribution in [-0.4, -0.2) is 12.8 Å². The Morgan fingerprint density at radius 1 is 1.28 bits per heavy atom. The summed E-state index contributed by atoms with van der Waals surface area (Å²) >= 11 is 1.55. The fourth-order valence-electron chi connectivity index (χ4n) is 1.66. The topological polar surface area (TPSA) is 12.4 Å². The van der Waals surface area contributed by atoms with Gasteiger partial charge in [-0.25, -0.2) is 0 Å². The van der Waals surface area contributed by atoms with Crippen LogP contribution in [0.5, 0.6) is 0 Å². The number of hydrogen-bond donors (Lipinski definition) is 0. The number of aliphatic imine (C=N–C) groups is 1. The van der Waals surface area contributed by atoms with Gasteiger partial charge in [0.2, 0.25) is 0 Å². The number of hydrogen-bond acceptors (Lipinski definition) is 2. The highest BCUT2D eigenvalue weighted by molar-refractivity contribution is 8.07. The van der Waals surface area contributed by atoms with E-state index in [0.717, 1.165) is 21.1 Å². The van der Waals surface area contributed by atoms with E-state index in [4.69, 9.17) is 0 Å². The predicted octanol–water partition coefficient (Wildman–Crippen LogP) is 4.75. The lowest BCUT2D eigenvalue weighted by Gasteiger charge is -2.11. The van der Waals surface area contributed by atoms with Crippen LogP contribution in [0.2, 0.25) is 0 Å². The molecule has 0 radical (unpaired) electrons. The van der Waals surface area contributed by atoms with Gasteiger partial charge in [-0.1, -0.05) is 61.3 Å². The Labute approximate surface area is 114 Å². The molecular formula is C16H19NS. The highest BCUT2D eigenvalue weighted by Gasteiger charge is 2.10. The van der Waals surface area contributed by atoms with Crippen LogP contribution in [-0.2, 0) is 0 Å². The third kappa shape index (κ3) is 3.74. The van der Waals surface area contributed by atoms with Gasteiger partial charge < -0.3 is 0 Å². The van der Waals surface area contributed by atoms with Crippen LogP contribution in [0.15, 0.2) is 64.4 Å². The van der Waals surface area contributed by atoms with Crippen molar-refractivity contribution in [2.45, 2.75) is 13.8 Å². The molecule has 0 saturated heterocycles. The van der Waals surface area contributed by atoms with E-state index in [1.165, 1.54) is 5.56 Å². The predicted molar refractivity (Wildman–Crippen MR) is 84.3 cm³/mol. The molecule has 0 aliphatic heterocycles. The van der Waals surface area contributed by atoms with E-state index < -0.39 is 0 Å². The third-order valence-electron chi connectivity index (χ3n) is 2.49. The standard InChI is InChI=1S/C16H19NS/c1-6-9-13(3)18-14(4)16(17-5)15-11-8-7-10-12(15)2/h6-11H,3-4H2,1-2,5H3/b9-6-,17-16?. The maximum Gasteiger partial charge on any atom is 0.0779 e. The number of benzene rings is 1. The summed E-state index contributed by atoms with van der Waals surface area (Å²) in [7, 11) is 1.80. The van der Waals surface area contributed by atoms with Gasteiger partial charge in [0.1, 0.15) is 0 Å². The van der Waals surface area contributed by atoms with Crippen molar-refractivity contribution in [1.82, 2.24) is 0 Å². The first-order valence-electron chi connectivity index (χ1n) is 5.81. The maximum atomic E-state index is 4.36. The monoisotopic (exact) mass is 257 g/mol. The Hall–Kier alpha value is -1.54. The average molecular weight is 257 g/mol. The van der Waals surface area contributed by atoms with E-state index in [0.29, 0.717) is 0 Å². The van der Waals surface area contributed by atoms with Crippen LogP contribution in [0.4, 0.5) is 0 Å². The molecule has 1 rings (SSSR count). The molecule has 0 spiro atoms. The van der Waals surface area contributed by atoms with E-state index >= 15 is 0 Å². The van der Waals surface area contributed by atoms with E-state index in [9.17, 15) is 0 Å². The van der Waals surface area contributed by atoms with Crippen LogP contribution >= 0.6 is 11.8 Å². The molecule has 2 heteroatoms. The van der Waals surface area contributed by atoms with E-state index in [1.54, 1.807) is 18.8 Å². The second kappa shape index (κ2) is 7.02. The number of thioether (sulfide) groups is 1. The van der Waals surface area contributed by atoms with Crippen molar-refractivity contribution in [3.63, 3.8) is 0 Å². The molecular weight excluding hydrogens is 238 g/mol. The first-order chi connectivity index (χ1) is 8.60. The molecule has 0 amide bonds. The molecule has 0 fully saturated rings. The molecule has 0 heterocycles. The largest absolute Gasteiger partial charge is 0.287 e. The first kappa shape index (κ1) is 14.5. The van der Waals surface area contributed by atoms with Gasteiger partial charge in [-0.3, -0.25) is 4.99 Å². The summed E-state index contributed by atoms with van der Waals surface area (Å²) in [4.78, 5) is 6.26. The number of allylic oxidation sites excluding steroid dienone is 3. The average Bonchev–Trinajstić information content (AvgIpc) is 2.32. The Kier molecular flexibility index (Phi) is 5.66. The van der Waals surface area contributed by atoms with Crippen LogP contribution < -0.4 is 0 Å². The molecule has 0 aliphatic rings. The van der Waals surface area contributed by atoms with Crippen LogP contribution in [0, 0.1) is 6.92 Å². The van der Waals surface area contributed by atoms with E-state index in [-0.39, 0.29) is 0 Å². The molecule has 0 atom stereocenters. The van der Waals surface area contributed by atoms with Crippen molar-refractivity contribution < 1.29 is 0 Å². The van der Waals surface area contributed by atoms with Crippen molar-refractivity contribution in [2.24, 2.45) is 4.99 Å². The summed E-state index contributed by atoms with van der Waals surface area (Å²) in [5, 5.41) is 0. The molecule has 0 saturated carbocycles. The van der Waals surface area contributed by atoms with Crippen LogP contribution in [0.3, 0.4) is 0 Å². The Balaban J connectivity index is 2.96. The molecule has 0 aliphatic carbocycles. The Morgan fingerprint density at radius 2 is 1.94 bits per heavy atom. The molecule has 0 bridgehead atoms. The molecule has 0 unspecified atom stereocenters. The van der Waals surface area contributed by atoms with Crippen molar-refractivity contribution in [3.8, 4) is 0 Å². The number of nitrogens with zero attached hydrogens (tertiary/aromatic N) is 1. The van der Waals surface area contributed by atoms with Gasteiger partial charge in [-0.15, -0.1) is 0 Å². The fraction of sp³-hybridized carbons (Fsp3) is 0.188. The Morgan fingerprint density at radius 3 is 2.50 bits per heavy atom. The van der Waals surface area contributed by atoms with Gasteiger partial charge >= 0.3 is 0 Å². The zero-order valence-electron chi connectivity index (χ0n) is 11.2. The summed E-state index contributed by atoms with van der Waals surface area (Å²) in [6.45, 7) is 12.1. The van der Waals surface area contributed by atoms with Gasteiger partial charge in [0.25, 0.3) is 0 Å². The summed E-state index contributed by atoms with van der Waals surface area (Å²) in [6, 6.07) is 8.20. The smallest absolute Gasteiger partial charge is 0.0779 e. The first-order valence-corrected chi connectivity index (χ1v) is 6.63. The van der Waals surface area contributed by atoms with Crippen molar-refractivity contribution >= 4 is 17.5 Å². The molecule has 18 heavy (non-hydrogen) atoms. The lowest BCUT2D eigenvalue weighted by Crippen LogP contribution is -2.04. The number of aryl methyl sites for hydroxylation is 1. The van der Waals surface area contributed by atoms with Gasteiger partial charge in [0.05, 0.1) is 5.71 Å². The third-order valence-corrected chi connectivity index (χ3v) is 3.33. The minimum atomic E-state index is 0.926. The highest BCUT2D eigenvalue weighted by Crippen LogP contribution is 2.28. The zero-order valence-corrected chi connectivity index (χ0v) is 12.1. The zero-order chi connectivity index (χ0) is 13.5. The minimum Gasteiger partial charge on any atom is -0.287 e. The molecule has 0 N–H and O–H groups in total. The second-order valence-electron chi connectivity index (χ2n) is 3.88. The highest BCUT2D eigenvalue weighted by atomic mass is 32.2. The van der Waals surface area contributed by atoms with Gasteiger partial charge in [-0.05, 0) is 19.4 Å². The van der Waals surface area contributed by atoms with E-state index in [1.807, 2.05) is 31.2 Å². The SMILES string of the molecule is C=C(/C=C\C)SC(=C)C(=NC)c1ccccc1C. The van der Waals surface area contributed by atoms with Gasteiger partial charge in [-0.2, -0.15) is 0 Å². The normalized spacial score (nSPS) is 11.8. The van der Waals surface area contributed by atoms with Gasteiger partial charge in [0, 0.05) is 22.4 Å². The van der Waals surface area contributed by atoms with Gasteiger partial charge in [0.15, 0.2) is 0 Å². The molecule has 94 valence electrons. The van der Waals surface area contributed by atoms with Crippen molar-refractivity contribution in [3.05, 3.63) is 70.5 Å². The molecule has 0 aromatic heterocycles. The van der Waals surface area contributed by atoms with Crippen LogP contribution in [0.1, 0.15) is 18.1 Å². The molecule has 1 aromatic carbocycles. The second-order valence-corrected chi connectivity index (χ2v) is 5.10.